The van der Waals surface area contributed by atoms with Gasteiger partial charge in [-0.05, 0) is 0 Å². The summed E-state index contributed by atoms with van der Waals surface area (Å²) in [6, 6.07) is 0. The molecule has 0 aliphatic rings. The van der Waals surface area contributed by atoms with Crippen molar-refractivity contribution < 1.29 is 137 Å². The largest absolute Gasteiger partial charge is 1.00 e. The van der Waals surface area contributed by atoms with Crippen molar-refractivity contribution in [2.45, 2.75) is 0 Å². The zero-order valence-electron chi connectivity index (χ0n) is 6.20. The molecule has 0 rings (SSSR count). The minimum atomic E-state index is -4.64. The van der Waals surface area contributed by atoms with Gasteiger partial charge in [0.15, 0.2) is 0 Å². The van der Waals surface area contributed by atoms with Crippen LogP contribution in [0, 0.1) is 0 Å². The average molecular weight is 190 g/mol. The molecule has 0 aromatic rings. The molecular formula is H3Na4O4P+4. The van der Waals surface area contributed by atoms with Crippen molar-refractivity contribution in [1.82, 2.24) is 0 Å². The Morgan fingerprint density at radius 1 is 0.778 bits per heavy atom. The maximum atomic E-state index is 8.88. The third-order valence-electron chi connectivity index (χ3n) is 0. The summed E-state index contributed by atoms with van der Waals surface area (Å²) >= 11 is 0. The molecule has 0 spiro atoms. The fourth-order valence-corrected chi connectivity index (χ4v) is 0. The van der Waals surface area contributed by atoms with Crippen LogP contribution in [-0.2, 0) is 4.57 Å². The van der Waals surface area contributed by atoms with E-state index in [1.54, 1.807) is 0 Å². The number of rotatable bonds is 0. The van der Waals surface area contributed by atoms with Crippen molar-refractivity contribution in [2.75, 3.05) is 0 Å². The van der Waals surface area contributed by atoms with Crippen LogP contribution >= 0.6 is 7.82 Å². The van der Waals surface area contributed by atoms with Crippen LogP contribution in [0.2, 0.25) is 0 Å². The maximum absolute atomic E-state index is 8.88. The predicted octanol–water partition coefficient (Wildman–Crippen LogP) is -12.9. The van der Waals surface area contributed by atoms with Crippen molar-refractivity contribution in [3.63, 3.8) is 0 Å². The monoisotopic (exact) mass is 190 g/mol. The summed E-state index contributed by atoms with van der Waals surface area (Å²) < 4.78 is 8.88. The van der Waals surface area contributed by atoms with Gasteiger partial charge in [-0.25, -0.2) is 4.57 Å². The Hall–Kier alpha value is 4.11. The Balaban J connectivity index is -0.0000000133. The minimum Gasteiger partial charge on any atom is -0.303 e. The van der Waals surface area contributed by atoms with Crippen molar-refractivity contribution in [3.05, 3.63) is 0 Å². The predicted molar refractivity (Wildman–Crippen MR) is 14.3 cm³/mol. The van der Waals surface area contributed by atoms with E-state index < -0.39 is 7.82 Å². The second-order valence-electron chi connectivity index (χ2n) is 0.513. The van der Waals surface area contributed by atoms with E-state index in [9.17, 15) is 0 Å². The van der Waals surface area contributed by atoms with Gasteiger partial charge in [0.25, 0.3) is 0 Å². The van der Waals surface area contributed by atoms with Gasteiger partial charge in [0.1, 0.15) is 0 Å². The molecule has 4 nitrogen and oxygen atoms in total. The van der Waals surface area contributed by atoms with E-state index in [1.807, 2.05) is 0 Å². The van der Waals surface area contributed by atoms with Gasteiger partial charge in [-0.3, -0.25) is 0 Å². The Kier molecular flexibility index (Phi) is 47.5. The molecule has 0 atom stereocenters. The topological polar surface area (TPSA) is 77.8 Å². The van der Waals surface area contributed by atoms with Crippen LogP contribution in [0.4, 0.5) is 0 Å². The third kappa shape index (κ3) is 73.3. The summed E-state index contributed by atoms with van der Waals surface area (Å²) in [6.45, 7) is 0. The zero-order valence-corrected chi connectivity index (χ0v) is 15.1. The molecular weight excluding hydrogens is 187 g/mol. The number of phosphoric acid groups is 1. The van der Waals surface area contributed by atoms with Crippen molar-refractivity contribution in [2.24, 2.45) is 0 Å². The second-order valence-corrected chi connectivity index (χ2v) is 1.54. The Bertz CT molecular complexity index is 58.7. The summed E-state index contributed by atoms with van der Waals surface area (Å²) in [7, 11) is -4.64. The van der Waals surface area contributed by atoms with Crippen LogP contribution in [0.1, 0.15) is 0 Å². The third-order valence-corrected chi connectivity index (χ3v) is 0. The van der Waals surface area contributed by atoms with Crippen LogP contribution in [0.15, 0.2) is 0 Å². The standard InChI is InChI=1S/4Na.H3O4P/c;;;;1-5(2,3)4/h;;;;(H3,1,2,3,4)/q4*+1;. The van der Waals surface area contributed by atoms with Gasteiger partial charge < -0.3 is 14.7 Å². The van der Waals surface area contributed by atoms with Crippen LogP contribution < -0.4 is 118 Å². The van der Waals surface area contributed by atoms with E-state index >= 15 is 0 Å². The fraction of sp³-hybridized carbons (Fsp3) is 0. The van der Waals surface area contributed by atoms with Gasteiger partial charge in [-0.1, -0.05) is 0 Å². The van der Waals surface area contributed by atoms with Gasteiger partial charge in [0, 0.05) is 0 Å². The normalized spacial score (nSPS) is 6.56. The molecule has 32 valence electrons. The molecule has 0 heterocycles. The Morgan fingerprint density at radius 3 is 0.778 bits per heavy atom. The van der Waals surface area contributed by atoms with Gasteiger partial charge in [-0.15, -0.1) is 0 Å². The SMILES string of the molecule is O=P(O)(O)O.[Na+].[Na+].[Na+].[Na+]. The first-order valence-electron chi connectivity index (χ1n) is 0.783. The first kappa shape index (κ1) is 29.2. The molecule has 0 amide bonds. The van der Waals surface area contributed by atoms with Crippen molar-refractivity contribution in [3.8, 4) is 0 Å². The molecule has 0 aliphatic heterocycles. The summed E-state index contributed by atoms with van der Waals surface area (Å²) in [5, 5.41) is 0. The van der Waals surface area contributed by atoms with E-state index in [0.717, 1.165) is 0 Å². The Labute approximate surface area is 142 Å². The number of hydrogen-bond acceptors (Lipinski definition) is 1. The number of hydrogen-bond donors (Lipinski definition) is 3. The van der Waals surface area contributed by atoms with Gasteiger partial charge in [0.05, 0.1) is 0 Å². The van der Waals surface area contributed by atoms with E-state index in [0.29, 0.717) is 0 Å². The molecule has 0 aromatic heterocycles. The summed E-state index contributed by atoms with van der Waals surface area (Å²) in [6.07, 6.45) is 0. The zero-order chi connectivity index (χ0) is 4.50. The van der Waals surface area contributed by atoms with E-state index in [-0.39, 0.29) is 118 Å². The molecule has 9 heavy (non-hydrogen) atoms. The molecule has 9 heteroatoms. The van der Waals surface area contributed by atoms with Crippen molar-refractivity contribution >= 4 is 7.82 Å². The maximum Gasteiger partial charge on any atom is 1.00 e. The molecule has 0 saturated carbocycles. The van der Waals surface area contributed by atoms with Crippen LogP contribution in [0.5, 0.6) is 0 Å². The molecule has 0 fully saturated rings. The van der Waals surface area contributed by atoms with Gasteiger partial charge in [-0.2, -0.15) is 0 Å². The Morgan fingerprint density at radius 2 is 0.778 bits per heavy atom. The second kappa shape index (κ2) is 14.6. The first-order valence-corrected chi connectivity index (χ1v) is 2.35. The van der Waals surface area contributed by atoms with E-state index in [1.165, 1.54) is 0 Å². The molecule has 0 radical (unpaired) electrons. The minimum absolute atomic E-state index is 0. The molecule has 3 N–H and O–H groups in total. The van der Waals surface area contributed by atoms with Crippen LogP contribution in [0.3, 0.4) is 0 Å². The van der Waals surface area contributed by atoms with Crippen LogP contribution in [-0.4, -0.2) is 14.7 Å². The van der Waals surface area contributed by atoms with Gasteiger partial charge in [0.2, 0.25) is 0 Å². The molecule has 0 aromatic carbocycles. The molecule has 0 saturated heterocycles. The first-order chi connectivity index (χ1) is 2.00. The quantitative estimate of drug-likeness (QED) is 0.262. The van der Waals surface area contributed by atoms with Crippen LogP contribution in [0.25, 0.3) is 0 Å². The van der Waals surface area contributed by atoms with Crippen molar-refractivity contribution in [1.29, 1.82) is 0 Å². The fourth-order valence-electron chi connectivity index (χ4n) is 0. The van der Waals surface area contributed by atoms with E-state index in [2.05, 4.69) is 0 Å². The molecule has 0 aliphatic carbocycles. The summed E-state index contributed by atoms with van der Waals surface area (Å²) in [5.74, 6) is 0. The summed E-state index contributed by atoms with van der Waals surface area (Å²) in [4.78, 5) is 21.6. The van der Waals surface area contributed by atoms with E-state index in [4.69, 9.17) is 19.2 Å². The smallest absolute Gasteiger partial charge is 0.303 e. The molecule has 0 unspecified atom stereocenters. The average Bonchev–Trinajstić information content (AvgIpc) is 0.722. The van der Waals surface area contributed by atoms with Gasteiger partial charge >= 0.3 is 126 Å². The molecule has 0 bridgehead atoms. The summed E-state index contributed by atoms with van der Waals surface area (Å²) in [5.41, 5.74) is 0.